The van der Waals surface area contributed by atoms with Gasteiger partial charge in [-0.15, -0.1) is 0 Å². The molecule has 1 aromatic heterocycles. The highest BCUT2D eigenvalue weighted by molar-refractivity contribution is 5.79. The second kappa shape index (κ2) is 8.65. The van der Waals surface area contributed by atoms with Crippen molar-refractivity contribution in [2.24, 2.45) is 5.92 Å². The summed E-state index contributed by atoms with van der Waals surface area (Å²) < 4.78 is 11.1. The van der Waals surface area contributed by atoms with Gasteiger partial charge in [-0.05, 0) is 37.7 Å². The number of ether oxygens (including phenoxy) is 1. The van der Waals surface area contributed by atoms with Crippen LogP contribution in [0.4, 0.5) is 0 Å². The van der Waals surface area contributed by atoms with Crippen molar-refractivity contribution >= 4 is 5.91 Å². The molecule has 27 heavy (non-hydrogen) atoms. The van der Waals surface area contributed by atoms with E-state index >= 15 is 0 Å². The standard InChI is InChI=1S/C21H27N3O3/c25-21(17-10-4-5-11-17)24-13-7-6-12-18(24)20-22-19(27-23-20)15-26-14-16-8-2-1-3-9-16/h1-3,8-9,17-18H,4-7,10-15H2. The first kappa shape index (κ1) is 18.2. The summed E-state index contributed by atoms with van der Waals surface area (Å²) in [5.74, 6) is 1.56. The molecule has 1 saturated heterocycles. The highest BCUT2D eigenvalue weighted by atomic mass is 16.5. The molecular weight excluding hydrogens is 342 g/mol. The number of rotatable bonds is 6. The number of piperidine rings is 1. The lowest BCUT2D eigenvalue weighted by Crippen LogP contribution is -2.41. The number of carbonyl (C=O) groups excluding carboxylic acids is 1. The molecule has 0 radical (unpaired) electrons. The van der Waals surface area contributed by atoms with Crippen LogP contribution in [0.25, 0.3) is 0 Å². The normalized spacial score (nSPS) is 20.9. The Kier molecular flexibility index (Phi) is 5.82. The highest BCUT2D eigenvalue weighted by Crippen LogP contribution is 2.34. The molecule has 1 aliphatic heterocycles. The van der Waals surface area contributed by atoms with Crippen molar-refractivity contribution < 1.29 is 14.1 Å². The van der Waals surface area contributed by atoms with Gasteiger partial charge in [-0.25, -0.2) is 0 Å². The predicted octanol–water partition coefficient (Wildman–Crippen LogP) is 4.03. The van der Waals surface area contributed by atoms with E-state index in [1.807, 2.05) is 35.2 Å². The zero-order valence-corrected chi connectivity index (χ0v) is 15.7. The third-order valence-corrected chi connectivity index (χ3v) is 5.61. The fraction of sp³-hybridized carbons (Fsp3) is 0.571. The molecular formula is C21H27N3O3. The summed E-state index contributed by atoms with van der Waals surface area (Å²) in [6.45, 7) is 1.59. The van der Waals surface area contributed by atoms with Crippen LogP contribution in [0.5, 0.6) is 0 Å². The van der Waals surface area contributed by atoms with Gasteiger partial charge in [0.2, 0.25) is 5.91 Å². The Morgan fingerprint density at radius 1 is 1.07 bits per heavy atom. The molecule has 6 heteroatoms. The van der Waals surface area contributed by atoms with Gasteiger partial charge in [-0.2, -0.15) is 4.98 Å². The van der Waals surface area contributed by atoms with Crippen LogP contribution in [0, 0.1) is 5.92 Å². The molecule has 0 bridgehead atoms. The van der Waals surface area contributed by atoms with Crippen LogP contribution in [0.1, 0.15) is 68.3 Å². The van der Waals surface area contributed by atoms with Gasteiger partial charge in [0, 0.05) is 12.5 Å². The van der Waals surface area contributed by atoms with Gasteiger partial charge < -0.3 is 14.2 Å². The summed E-state index contributed by atoms with van der Waals surface area (Å²) in [7, 11) is 0. The van der Waals surface area contributed by atoms with E-state index in [1.54, 1.807) is 0 Å². The van der Waals surface area contributed by atoms with Crippen molar-refractivity contribution in [3.8, 4) is 0 Å². The fourth-order valence-corrected chi connectivity index (χ4v) is 4.16. The minimum atomic E-state index is -0.0570. The second-order valence-corrected chi connectivity index (χ2v) is 7.55. The van der Waals surface area contributed by atoms with E-state index in [4.69, 9.17) is 9.26 Å². The van der Waals surface area contributed by atoms with E-state index in [1.165, 1.54) is 12.8 Å². The first-order chi connectivity index (χ1) is 13.3. The van der Waals surface area contributed by atoms with Gasteiger partial charge in [0.1, 0.15) is 6.61 Å². The van der Waals surface area contributed by atoms with Crippen LogP contribution in [0.15, 0.2) is 34.9 Å². The minimum Gasteiger partial charge on any atom is -0.367 e. The van der Waals surface area contributed by atoms with Crippen LogP contribution in [-0.4, -0.2) is 27.5 Å². The van der Waals surface area contributed by atoms with E-state index < -0.39 is 0 Å². The SMILES string of the molecule is O=C(C1CCCC1)N1CCCCC1c1noc(COCc2ccccc2)n1. The number of aromatic nitrogens is 2. The molecule has 0 spiro atoms. The summed E-state index contributed by atoms with van der Waals surface area (Å²) >= 11 is 0. The Bertz CT molecular complexity index is 740. The lowest BCUT2D eigenvalue weighted by atomic mass is 9.98. The number of amides is 1. The summed E-state index contributed by atoms with van der Waals surface area (Å²) in [4.78, 5) is 19.5. The molecule has 2 aromatic rings. The van der Waals surface area contributed by atoms with E-state index in [0.717, 1.165) is 44.2 Å². The van der Waals surface area contributed by atoms with Crippen molar-refractivity contribution in [2.75, 3.05) is 6.54 Å². The molecule has 1 saturated carbocycles. The highest BCUT2D eigenvalue weighted by Gasteiger charge is 2.35. The average Bonchev–Trinajstić information content (AvgIpc) is 3.41. The maximum absolute atomic E-state index is 12.9. The smallest absolute Gasteiger partial charge is 0.252 e. The number of nitrogens with zero attached hydrogens (tertiary/aromatic N) is 3. The van der Waals surface area contributed by atoms with Crippen molar-refractivity contribution in [3.63, 3.8) is 0 Å². The van der Waals surface area contributed by atoms with Crippen LogP contribution in [-0.2, 0) is 22.7 Å². The molecule has 1 atom stereocenters. The number of carbonyl (C=O) groups is 1. The summed E-state index contributed by atoms with van der Waals surface area (Å²) in [6, 6.07) is 9.95. The lowest BCUT2D eigenvalue weighted by molar-refractivity contribution is -0.139. The quantitative estimate of drug-likeness (QED) is 0.769. The van der Waals surface area contributed by atoms with Crippen LogP contribution in [0.3, 0.4) is 0 Å². The van der Waals surface area contributed by atoms with Crippen LogP contribution >= 0.6 is 0 Å². The summed E-state index contributed by atoms with van der Waals surface area (Å²) in [5.41, 5.74) is 1.11. The van der Waals surface area contributed by atoms with E-state index in [0.29, 0.717) is 18.3 Å². The van der Waals surface area contributed by atoms with E-state index in [9.17, 15) is 4.79 Å². The van der Waals surface area contributed by atoms with Crippen molar-refractivity contribution in [1.82, 2.24) is 15.0 Å². The largest absolute Gasteiger partial charge is 0.367 e. The molecule has 2 aliphatic rings. The summed E-state index contributed by atoms with van der Waals surface area (Å²) in [6.07, 6.45) is 7.43. The van der Waals surface area contributed by atoms with E-state index in [2.05, 4.69) is 10.1 Å². The summed E-state index contributed by atoms with van der Waals surface area (Å²) in [5, 5.41) is 4.16. The van der Waals surface area contributed by atoms with Crippen molar-refractivity contribution in [3.05, 3.63) is 47.6 Å². The zero-order chi connectivity index (χ0) is 18.5. The molecule has 4 rings (SSSR count). The molecule has 2 fully saturated rings. The molecule has 1 unspecified atom stereocenters. The Morgan fingerprint density at radius 3 is 2.67 bits per heavy atom. The van der Waals surface area contributed by atoms with Gasteiger partial charge in [0.15, 0.2) is 5.82 Å². The molecule has 6 nitrogen and oxygen atoms in total. The molecule has 1 amide bonds. The first-order valence-corrected chi connectivity index (χ1v) is 10.1. The van der Waals surface area contributed by atoms with Gasteiger partial charge in [-0.1, -0.05) is 48.3 Å². The number of likely N-dealkylation sites (tertiary alicyclic amines) is 1. The van der Waals surface area contributed by atoms with Gasteiger partial charge >= 0.3 is 0 Å². The zero-order valence-electron chi connectivity index (χ0n) is 15.7. The van der Waals surface area contributed by atoms with Gasteiger partial charge in [-0.3, -0.25) is 4.79 Å². The Balaban J connectivity index is 1.37. The third kappa shape index (κ3) is 4.38. The molecule has 0 N–H and O–H groups in total. The van der Waals surface area contributed by atoms with Crippen LogP contribution in [0.2, 0.25) is 0 Å². The minimum absolute atomic E-state index is 0.0570. The van der Waals surface area contributed by atoms with Gasteiger partial charge in [0.05, 0.1) is 12.6 Å². The van der Waals surface area contributed by atoms with E-state index in [-0.39, 0.29) is 24.5 Å². The Labute approximate surface area is 159 Å². The lowest BCUT2D eigenvalue weighted by Gasteiger charge is -2.35. The monoisotopic (exact) mass is 369 g/mol. The molecule has 144 valence electrons. The molecule has 1 aliphatic carbocycles. The molecule has 1 aromatic carbocycles. The molecule has 2 heterocycles. The Hall–Kier alpha value is -2.21. The first-order valence-electron chi connectivity index (χ1n) is 10.1. The third-order valence-electron chi connectivity index (χ3n) is 5.61. The number of hydrogen-bond donors (Lipinski definition) is 0. The maximum atomic E-state index is 12.9. The van der Waals surface area contributed by atoms with Crippen molar-refractivity contribution in [2.45, 2.75) is 64.2 Å². The number of hydrogen-bond acceptors (Lipinski definition) is 5. The van der Waals surface area contributed by atoms with Gasteiger partial charge in [0.25, 0.3) is 5.89 Å². The fourth-order valence-electron chi connectivity index (χ4n) is 4.16. The topological polar surface area (TPSA) is 68.5 Å². The average molecular weight is 369 g/mol. The number of benzene rings is 1. The van der Waals surface area contributed by atoms with Crippen molar-refractivity contribution in [1.29, 1.82) is 0 Å². The maximum Gasteiger partial charge on any atom is 0.252 e. The second-order valence-electron chi connectivity index (χ2n) is 7.55. The Morgan fingerprint density at radius 2 is 1.85 bits per heavy atom. The predicted molar refractivity (Wildman–Crippen MR) is 99.5 cm³/mol. The van der Waals surface area contributed by atoms with Crippen LogP contribution < -0.4 is 0 Å².